The molecule has 0 aliphatic heterocycles. The van der Waals surface area contributed by atoms with Crippen molar-refractivity contribution in [3.8, 4) is 0 Å². The van der Waals surface area contributed by atoms with Crippen molar-refractivity contribution in [2.45, 2.75) is 20.3 Å². The van der Waals surface area contributed by atoms with E-state index in [1.54, 1.807) is 0 Å². The highest BCUT2D eigenvalue weighted by molar-refractivity contribution is 7.80. The van der Waals surface area contributed by atoms with Crippen molar-refractivity contribution in [1.29, 1.82) is 0 Å². The van der Waals surface area contributed by atoms with Gasteiger partial charge < -0.3 is 5.32 Å². The average molecular weight is 332 g/mol. The van der Waals surface area contributed by atoms with Crippen molar-refractivity contribution >= 4 is 40.3 Å². The Labute approximate surface area is 141 Å². The third kappa shape index (κ3) is 4.29. The number of nitrogens with zero attached hydrogens (tertiary/aromatic N) is 1. The molecule has 0 radical (unpaired) electrons. The summed E-state index contributed by atoms with van der Waals surface area (Å²) in [6, 6.07) is 15.7. The normalized spacial score (nSPS) is 11.1. The van der Waals surface area contributed by atoms with Crippen LogP contribution in [-0.2, 0) is 0 Å². The van der Waals surface area contributed by atoms with Gasteiger partial charge in [0.25, 0.3) is 0 Å². The lowest BCUT2D eigenvalue weighted by Crippen LogP contribution is -2.25. The van der Waals surface area contributed by atoms with Crippen LogP contribution >= 0.6 is 23.8 Å². The monoisotopic (exact) mass is 331 g/mol. The minimum absolute atomic E-state index is 0.437. The number of nitrogens with one attached hydrogen (secondary N) is 2. The van der Waals surface area contributed by atoms with Crippen molar-refractivity contribution in [2.24, 2.45) is 5.10 Å². The predicted molar refractivity (Wildman–Crippen MR) is 98.8 cm³/mol. The predicted octanol–water partition coefficient (Wildman–Crippen LogP) is 4.75. The molecule has 5 heteroatoms. The first-order valence-electron chi connectivity index (χ1n) is 7.06. The number of hydrogen-bond acceptors (Lipinski definition) is 2. The third-order valence-electron chi connectivity index (χ3n) is 3.25. The summed E-state index contributed by atoms with van der Waals surface area (Å²) in [6.07, 6.45) is 0.815. The Kier molecular flexibility index (Phi) is 5.92. The highest BCUT2D eigenvalue weighted by Crippen LogP contribution is 2.22. The van der Waals surface area contributed by atoms with Crippen LogP contribution < -0.4 is 10.7 Å². The number of thiocarbonyl (C=S) groups is 1. The van der Waals surface area contributed by atoms with Crippen LogP contribution in [-0.4, -0.2) is 10.8 Å². The van der Waals surface area contributed by atoms with E-state index >= 15 is 0 Å². The molecule has 0 saturated carbocycles. The third-order valence-corrected chi connectivity index (χ3v) is 3.85. The van der Waals surface area contributed by atoms with Gasteiger partial charge in [0.15, 0.2) is 5.11 Å². The number of benzene rings is 2. The molecule has 0 aliphatic rings. The standard InChI is InChI=1S/C17H18ClN3S/c1-3-15(13-8-5-4-6-9-13)20-21-17(22)19-16-11-7-10-14(18)12(16)2/h4-11H,3H2,1-2H3,(H2,19,21,22)/b20-15+. The van der Waals surface area contributed by atoms with Gasteiger partial charge in [0.1, 0.15) is 0 Å². The molecule has 22 heavy (non-hydrogen) atoms. The van der Waals surface area contributed by atoms with Crippen molar-refractivity contribution in [1.82, 2.24) is 5.43 Å². The van der Waals surface area contributed by atoms with E-state index in [4.69, 9.17) is 23.8 Å². The molecule has 2 aromatic carbocycles. The second-order valence-electron chi connectivity index (χ2n) is 4.76. The number of anilines is 1. The molecule has 0 amide bonds. The Balaban J connectivity index is 2.05. The first-order chi connectivity index (χ1) is 10.6. The zero-order valence-electron chi connectivity index (χ0n) is 12.6. The quantitative estimate of drug-likeness (QED) is 0.482. The molecular formula is C17H18ClN3S. The molecule has 0 unspecified atom stereocenters. The number of halogens is 1. The van der Waals surface area contributed by atoms with Crippen molar-refractivity contribution in [3.05, 3.63) is 64.7 Å². The molecule has 0 aliphatic carbocycles. The zero-order valence-corrected chi connectivity index (χ0v) is 14.1. The summed E-state index contributed by atoms with van der Waals surface area (Å²) >= 11 is 11.4. The van der Waals surface area contributed by atoms with Gasteiger partial charge in [0, 0.05) is 10.7 Å². The van der Waals surface area contributed by atoms with Gasteiger partial charge in [-0.3, -0.25) is 5.43 Å². The highest BCUT2D eigenvalue weighted by atomic mass is 35.5. The fraction of sp³-hybridized carbons (Fsp3) is 0.176. The minimum Gasteiger partial charge on any atom is -0.331 e. The molecule has 0 aromatic heterocycles. The van der Waals surface area contributed by atoms with E-state index in [9.17, 15) is 0 Å². The van der Waals surface area contributed by atoms with Crippen LogP contribution in [0.4, 0.5) is 5.69 Å². The number of hydrazone groups is 1. The van der Waals surface area contributed by atoms with E-state index in [0.29, 0.717) is 10.1 Å². The molecule has 0 bridgehead atoms. The molecular weight excluding hydrogens is 314 g/mol. The van der Waals surface area contributed by atoms with Gasteiger partial charge in [-0.2, -0.15) is 5.10 Å². The first-order valence-corrected chi connectivity index (χ1v) is 7.84. The average Bonchev–Trinajstić information content (AvgIpc) is 2.53. The molecule has 2 aromatic rings. The van der Waals surface area contributed by atoms with Gasteiger partial charge in [-0.15, -0.1) is 0 Å². The highest BCUT2D eigenvalue weighted by Gasteiger charge is 2.04. The van der Waals surface area contributed by atoms with Crippen LogP contribution in [0.5, 0.6) is 0 Å². The fourth-order valence-electron chi connectivity index (χ4n) is 1.99. The van der Waals surface area contributed by atoms with Gasteiger partial charge in [-0.1, -0.05) is 54.9 Å². The summed E-state index contributed by atoms with van der Waals surface area (Å²) in [7, 11) is 0. The number of hydrogen-bond donors (Lipinski definition) is 2. The van der Waals surface area contributed by atoms with Crippen LogP contribution in [0, 0.1) is 6.92 Å². The largest absolute Gasteiger partial charge is 0.331 e. The van der Waals surface area contributed by atoms with Crippen LogP contribution in [0.15, 0.2) is 53.6 Å². The molecule has 2 rings (SSSR count). The molecule has 2 N–H and O–H groups in total. The van der Waals surface area contributed by atoms with Crippen LogP contribution in [0.25, 0.3) is 0 Å². The lowest BCUT2D eigenvalue weighted by atomic mass is 10.1. The van der Waals surface area contributed by atoms with Crippen LogP contribution in [0.3, 0.4) is 0 Å². The topological polar surface area (TPSA) is 36.4 Å². The van der Waals surface area contributed by atoms with Crippen LogP contribution in [0.1, 0.15) is 24.5 Å². The Morgan fingerprint density at radius 2 is 1.86 bits per heavy atom. The SMILES string of the molecule is CC/C(=N\NC(=S)Nc1cccc(Cl)c1C)c1ccccc1. The molecule has 0 fully saturated rings. The molecule has 114 valence electrons. The van der Waals surface area contributed by atoms with E-state index < -0.39 is 0 Å². The van der Waals surface area contributed by atoms with Crippen molar-refractivity contribution < 1.29 is 0 Å². The van der Waals surface area contributed by atoms with E-state index in [0.717, 1.165) is 28.9 Å². The van der Waals surface area contributed by atoms with E-state index in [-0.39, 0.29) is 0 Å². The number of rotatable bonds is 4. The smallest absolute Gasteiger partial charge is 0.191 e. The van der Waals surface area contributed by atoms with Gasteiger partial charge in [0.05, 0.1) is 5.71 Å². The summed E-state index contributed by atoms with van der Waals surface area (Å²) in [4.78, 5) is 0. The Morgan fingerprint density at radius 3 is 2.55 bits per heavy atom. The maximum Gasteiger partial charge on any atom is 0.191 e. The molecule has 0 atom stereocenters. The molecule has 0 heterocycles. The maximum atomic E-state index is 6.10. The summed E-state index contributed by atoms with van der Waals surface area (Å²) in [6.45, 7) is 4.00. The minimum atomic E-state index is 0.437. The van der Waals surface area contributed by atoms with Gasteiger partial charge in [0.2, 0.25) is 0 Å². The molecule has 3 nitrogen and oxygen atoms in total. The summed E-state index contributed by atoms with van der Waals surface area (Å²) in [5, 5.41) is 8.64. The molecule has 0 spiro atoms. The summed E-state index contributed by atoms with van der Waals surface area (Å²) < 4.78 is 0. The van der Waals surface area contributed by atoms with Gasteiger partial charge in [-0.05, 0) is 48.8 Å². The van der Waals surface area contributed by atoms with Crippen molar-refractivity contribution in [3.63, 3.8) is 0 Å². The van der Waals surface area contributed by atoms with Gasteiger partial charge in [-0.25, -0.2) is 0 Å². The second kappa shape index (κ2) is 7.92. The lowest BCUT2D eigenvalue weighted by Gasteiger charge is -2.12. The fourth-order valence-corrected chi connectivity index (χ4v) is 2.32. The Bertz CT molecular complexity index is 684. The van der Waals surface area contributed by atoms with E-state index in [2.05, 4.69) is 22.8 Å². The second-order valence-corrected chi connectivity index (χ2v) is 5.57. The summed E-state index contributed by atoms with van der Waals surface area (Å²) in [5.41, 5.74) is 6.75. The summed E-state index contributed by atoms with van der Waals surface area (Å²) in [5.74, 6) is 0. The van der Waals surface area contributed by atoms with E-state index in [1.165, 1.54) is 0 Å². The lowest BCUT2D eigenvalue weighted by molar-refractivity contribution is 1.02. The first kappa shape index (κ1) is 16.5. The maximum absolute atomic E-state index is 6.10. The van der Waals surface area contributed by atoms with Crippen molar-refractivity contribution in [2.75, 3.05) is 5.32 Å². The zero-order chi connectivity index (χ0) is 15.9. The Hall–Kier alpha value is -1.91. The van der Waals surface area contributed by atoms with Gasteiger partial charge >= 0.3 is 0 Å². The molecule has 0 saturated heterocycles. The van der Waals surface area contributed by atoms with Crippen LogP contribution in [0.2, 0.25) is 5.02 Å². The van der Waals surface area contributed by atoms with E-state index in [1.807, 2.05) is 55.5 Å². The Morgan fingerprint density at radius 1 is 1.14 bits per heavy atom.